The van der Waals surface area contributed by atoms with Crippen LogP contribution in [0.3, 0.4) is 0 Å². The lowest BCUT2D eigenvalue weighted by Crippen LogP contribution is -2.31. The van der Waals surface area contributed by atoms with Gasteiger partial charge in [0, 0.05) is 43.7 Å². The van der Waals surface area contributed by atoms with Gasteiger partial charge in [0.25, 0.3) is 0 Å². The molecule has 178 valence electrons. The number of nitrogens with two attached hydrogens (primary N) is 1. The van der Waals surface area contributed by atoms with Crippen molar-refractivity contribution in [1.82, 2.24) is 19.6 Å². The fraction of sp³-hybridized carbons (Fsp3) is 0.400. The average Bonchev–Trinajstić information content (AvgIpc) is 3.37. The average molecular weight is 464 g/mol. The van der Waals surface area contributed by atoms with Crippen LogP contribution in [0.15, 0.2) is 53.3 Å². The Balaban J connectivity index is 1.23. The van der Waals surface area contributed by atoms with Crippen LogP contribution < -0.4 is 5.73 Å². The highest BCUT2D eigenvalue weighted by atomic mass is 16.5. The number of aromatic nitrogens is 3. The predicted molar refractivity (Wildman–Crippen MR) is 125 cm³/mol. The molecule has 9 heteroatoms. The molecule has 1 aliphatic heterocycles. The van der Waals surface area contributed by atoms with Gasteiger partial charge in [-0.3, -0.25) is 0 Å². The summed E-state index contributed by atoms with van der Waals surface area (Å²) in [4.78, 5) is 17.6. The first-order valence-electron chi connectivity index (χ1n) is 11.5. The number of likely N-dealkylation sites (tertiary alicyclic amines) is 1. The van der Waals surface area contributed by atoms with Crippen LogP contribution in [0, 0.1) is 17.8 Å². The van der Waals surface area contributed by atoms with E-state index in [2.05, 4.69) is 34.4 Å². The molecule has 2 aromatic heterocycles. The number of imidazole rings is 1. The molecule has 34 heavy (non-hydrogen) atoms. The first-order valence-corrected chi connectivity index (χ1v) is 11.5. The predicted octanol–water partition coefficient (Wildman–Crippen LogP) is 3.10. The number of aliphatic hydroxyl groups is 1. The van der Waals surface area contributed by atoms with E-state index < -0.39 is 6.10 Å². The number of carbonyl (C=O) groups excluding carboxylic acids is 1. The van der Waals surface area contributed by atoms with Gasteiger partial charge in [0.05, 0.1) is 13.2 Å². The summed E-state index contributed by atoms with van der Waals surface area (Å²) in [7, 11) is 1.43. The molecule has 1 saturated carbocycles. The van der Waals surface area contributed by atoms with E-state index in [0.717, 1.165) is 24.2 Å². The zero-order chi connectivity index (χ0) is 23.8. The lowest BCUT2D eigenvalue weighted by molar-refractivity contribution is 0.127. The third kappa shape index (κ3) is 4.12. The molecule has 0 spiro atoms. The molecule has 1 amide bonds. The molecule has 2 aliphatic rings. The Morgan fingerprint density at radius 2 is 2.06 bits per heavy atom. The monoisotopic (exact) mass is 463 g/mol. The van der Waals surface area contributed by atoms with Gasteiger partial charge in [-0.05, 0) is 30.2 Å². The zero-order valence-corrected chi connectivity index (χ0v) is 19.2. The van der Waals surface area contributed by atoms with Crippen LogP contribution in [0.2, 0.25) is 0 Å². The van der Waals surface area contributed by atoms with E-state index in [1.165, 1.54) is 7.11 Å². The number of ether oxygens (including phenoxy) is 1. The highest BCUT2D eigenvalue weighted by Gasteiger charge is 2.55. The van der Waals surface area contributed by atoms with Gasteiger partial charge in [0.2, 0.25) is 0 Å². The number of carbonyl (C=O) groups is 1. The molecular weight excluding hydrogens is 434 g/mol. The second-order valence-corrected chi connectivity index (χ2v) is 9.00. The fourth-order valence-electron chi connectivity index (χ4n) is 4.99. The van der Waals surface area contributed by atoms with Gasteiger partial charge in [-0.15, -0.1) is 0 Å². The molecule has 3 heterocycles. The van der Waals surface area contributed by atoms with Gasteiger partial charge in [0.1, 0.15) is 17.6 Å². The number of hydrogen-bond donors (Lipinski definition) is 2. The van der Waals surface area contributed by atoms with Crippen molar-refractivity contribution >= 4 is 12.2 Å². The van der Waals surface area contributed by atoms with Gasteiger partial charge >= 0.3 is 6.09 Å². The Bertz CT molecular complexity index is 1170. The van der Waals surface area contributed by atoms with E-state index in [1.54, 1.807) is 24.2 Å². The van der Waals surface area contributed by atoms with Crippen molar-refractivity contribution in [2.45, 2.75) is 19.1 Å². The summed E-state index contributed by atoms with van der Waals surface area (Å²) >= 11 is 0. The maximum atomic E-state index is 11.6. The molecule has 1 saturated heterocycles. The topological polar surface area (TPSA) is 120 Å². The molecule has 9 nitrogen and oxygen atoms in total. The van der Waals surface area contributed by atoms with E-state index in [9.17, 15) is 9.90 Å². The number of hydrogen-bond acceptors (Lipinski definition) is 7. The van der Waals surface area contributed by atoms with Gasteiger partial charge in [-0.25, -0.2) is 9.78 Å². The molecule has 5 atom stereocenters. The van der Waals surface area contributed by atoms with E-state index in [4.69, 9.17) is 15.0 Å². The molecule has 1 aliphatic carbocycles. The van der Waals surface area contributed by atoms with Crippen LogP contribution in [-0.2, 0) is 4.74 Å². The van der Waals surface area contributed by atoms with Crippen LogP contribution in [0.25, 0.3) is 17.4 Å². The van der Waals surface area contributed by atoms with E-state index in [0.29, 0.717) is 41.6 Å². The normalized spacial score (nSPS) is 23.2. The van der Waals surface area contributed by atoms with Gasteiger partial charge in [-0.1, -0.05) is 41.6 Å². The minimum Gasteiger partial charge on any atom is -0.453 e. The van der Waals surface area contributed by atoms with Crippen LogP contribution in [0.1, 0.15) is 36.2 Å². The number of nitrogens with zero attached hydrogens (tertiary/aromatic N) is 4. The second-order valence-electron chi connectivity index (χ2n) is 9.00. The minimum absolute atomic E-state index is 0.229. The third-order valence-electron chi connectivity index (χ3n) is 6.90. The van der Waals surface area contributed by atoms with Crippen molar-refractivity contribution in [3.63, 3.8) is 0 Å². The summed E-state index contributed by atoms with van der Waals surface area (Å²) in [5, 5.41) is 14.2. The third-order valence-corrected chi connectivity index (χ3v) is 6.90. The van der Waals surface area contributed by atoms with Crippen LogP contribution >= 0.6 is 0 Å². The number of rotatable bonds is 7. The maximum absolute atomic E-state index is 11.6. The lowest BCUT2D eigenvalue weighted by Gasteiger charge is -2.17. The number of aliphatic hydroxyl groups excluding tert-OH is 1. The molecule has 3 aromatic rings. The minimum atomic E-state index is -0.710. The van der Waals surface area contributed by atoms with Crippen molar-refractivity contribution < 1.29 is 19.2 Å². The number of fused-ring (bicyclic) bond motifs is 1. The molecule has 3 N–H and O–H groups in total. The van der Waals surface area contributed by atoms with Crippen LogP contribution in [-0.4, -0.2) is 57.6 Å². The van der Waals surface area contributed by atoms with Crippen LogP contribution in [0.4, 0.5) is 4.79 Å². The summed E-state index contributed by atoms with van der Waals surface area (Å²) in [6, 6.07) is 9.72. The number of allylic oxidation sites excluding steroid dienone is 1. The Hall–Kier alpha value is -3.43. The molecular formula is C25H29N5O4. The number of amides is 1. The van der Waals surface area contributed by atoms with Gasteiger partial charge < -0.3 is 29.6 Å². The summed E-state index contributed by atoms with van der Waals surface area (Å²) in [6.45, 7) is 3.52. The number of methoxy groups -OCH3 is 1. The number of piperidine rings is 1. The van der Waals surface area contributed by atoms with E-state index >= 15 is 0 Å². The van der Waals surface area contributed by atoms with E-state index in [1.807, 2.05) is 22.8 Å². The lowest BCUT2D eigenvalue weighted by atomic mass is 10.1. The Kier molecular flexibility index (Phi) is 5.97. The Labute approximate surface area is 197 Å². The summed E-state index contributed by atoms with van der Waals surface area (Å²) in [5.74, 6) is 2.81. The summed E-state index contributed by atoms with van der Waals surface area (Å²) < 4.78 is 12.2. The van der Waals surface area contributed by atoms with Crippen molar-refractivity contribution in [1.29, 1.82) is 0 Å². The second kappa shape index (κ2) is 9.08. The van der Waals surface area contributed by atoms with Crippen LogP contribution in [0.5, 0.6) is 0 Å². The van der Waals surface area contributed by atoms with Crippen molar-refractivity contribution in [2.75, 3.05) is 26.7 Å². The first-order chi connectivity index (χ1) is 16.5. The Morgan fingerprint density at radius 1 is 1.32 bits per heavy atom. The van der Waals surface area contributed by atoms with Crippen molar-refractivity contribution in [2.24, 2.45) is 23.5 Å². The SMILES string of the molecule is COC(=O)N1C[C@@H]2[C@@H](/C=C/c3ccc(-c4cc([C@@H](CN)n5ccnc5[C@H](C)O)no4)cc3)[C@@H]2C1. The fourth-order valence-corrected chi connectivity index (χ4v) is 4.99. The van der Waals surface area contributed by atoms with Crippen molar-refractivity contribution in [3.05, 3.63) is 65.9 Å². The van der Waals surface area contributed by atoms with Gasteiger partial charge in [-0.2, -0.15) is 0 Å². The highest BCUT2D eigenvalue weighted by molar-refractivity contribution is 5.68. The Morgan fingerprint density at radius 3 is 2.71 bits per heavy atom. The smallest absolute Gasteiger partial charge is 0.409 e. The van der Waals surface area contributed by atoms with Crippen molar-refractivity contribution in [3.8, 4) is 11.3 Å². The summed E-state index contributed by atoms with van der Waals surface area (Å²) in [5.41, 5.74) is 8.73. The highest BCUT2D eigenvalue weighted by Crippen LogP contribution is 2.52. The van der Waals surface area contributed by atoms with Gasteiger partial charge in [0.15, 0.2) is 5.76 Å². The first kappa shape index (κ1) is 22.4. The standard InChI is InChI=1S/C25H29N5O4/c1-15(31)24-27-9-10-30(24)22(12-26)21-11-23(34-28-21)17-6-3-16(4-7-17)5-8-18-19-13-29(14-20(18)19)25(32)33-2/h3-11,15,18-20,22,31H,12-14,26H2,1-2H3/b8-5+/t15-,18-,19-,20+,22+/m0/s1. The zero-order valence-electron chi connectivity index (χ0n) is 19.2. The number of benzene rings is 1. The van der Waals surface area contributed by atoms with E-state index in [-0.39, 0.29) is 12.1 Å². The summed E-state index contributed by atoms with van der Waals surface area (Å²) in [6.07, 6.45) is 6.88. The molecule has 0 radical (unpaired) electrons. The largest absolute Gasteiger partial charge is 0.453 e. The molecule has 5 rings (SSSR count). The molecule has 1 aromatic carbocycles. The molecule has 0 unspecified atom stereocenters. The maximum Gasteiger partial charge on any atom is 0.409 e. The molecule has 0 bridgehead atoms. The quantitative estimate of drug-likeness (QED) is 0.552. The molecule has 2 fully saturated rings.